The van der Waals surface area contributed by atoms with Crippen molar-refractivity contribution in [2.45, 2.75) is 25.4 Å². The SMILES string of the molecule is CS(=O)(=O)CCC(=O)N1CCCC(Oc2ccccc2)C1. The van der Waals surface area contributed by atoms with E-state index in [4.69, 9.17) is 4.74 Å². The van der Waals surface area contributed by atoms with Crippen molar-refractivity contribution in [1.82, 2.24) is 4.90 Å². The second kappa shape index (κ2) is 6.93. The molecule has 0 aliphatic carbocycles. The van der Waals surface area contributed by atoms with Crippen LogP contribution in [0.3, 0.4) is 0 Å². The topological polar surface area (TPSA) is 63.7 Å². The van der Waals surface area contributed by atoms with Gasteiger partial charge in [-0.25, -0.2) is 8.42 Å². The molecule has 6 heteroatoms. The van der Waals surface area contributed by atoms with E-state index in [9.17, 15) is 13.2 Å². The molecule has 0 saturated carbocycles. The molecule has 2 rings (SSSR count). The van der Waals surface area contributed by atoms with Gasteiger partial charge in [-0.05, 0) is 25.0 Å². The van der Waals surface area contributed by atoms with E-state index >= 15 is 0 Å². The van der Waals surface area contributed by atoms with Crippen molar-refractivity contribution in [2.24, 2.45) is 0 Å². The average molecular weight is 311 g/mol. The maximum Gasteiger partial charge on any atom is 0.223 e. The first-order valence-electron chi connectivity index (χ1n) is 7.11. The van der Waals surface area contributed by atoms with Gasteiger partial charge in [-0.2, -0.15) is 0 Å². The first-order valence-corrected chi connectivity index (χ1v) is 9.17. The highest BCUT2D eigenvalue weighted by Crippen LogP contribution is 2.18. The van der Waals surface area contributed by atoms with Crippen LogP contribution in [0.1, 0.15) is 19.3 Å². The standard InChI is InChI=1S/C15H21NO4S/c1-21(18,19)11-9-15(17)16-10-5-8-14(12-16)20-13-6-3-2-4-7-13/h2-4,6-7,14H,5,8-12H2,1H3. The van der Waals surface area contributed by atoms with E-state index in [1.807, 2.05) is 30.3 Å². The molecule has 1 aromatic rings. The Kier molecular flexibility index (Phi) is 5.22. The number of sulfone groups is 1. The highest BCUT2D eigenvalue weighted by molar-refractivity contribution is 7.90. The number of rotatable bonds is 5. The van der Waals surface area contributed by atoms with Crippen LogP contribution in [0.15, 0.2) is 30.3 Å². The first-order chi connectivity index (χ1) is 9.94. The molecule has 1 amide bonds. The number of benzene rings is 1. The molecule has 0 aromatic heterocycles. The molecule has 1 aliphatic heterocycles. The second-order valence-corrected chi connectivity index (χ2v) is 7.67. The molecule has 0 radical (unpaired) electrons. The largest absolute Gasteiger partial charge is 0.489 e. The van der Waals surface area contributed by atoms with Crippen LogP contribution in [0.25, 0.3) is 0 Å². The predicted octanol–water partition coefficient (Wildman–Crippen LogP) is 1.49. The van der Waals surface area contributed by atoms with Gasteiger partial charge in [-0.15, -0.1) is 0 Å². The van der Waals surface area contributed by atoms with Crippen LogP contribution in [0.4, 0.5) is 0 Å². The molecule has 0 spiro atoms. The van der Waals surface area contributed by atoms with E-state index in [0.717, 1.165) is 24.8 Å². The van der Waals surface area contributed by atoms with Gasteiger partial charge in [0.1, 0.15) is 21.7 Å². The second-order valence-electron chi connectivity index (χ2n) is 5.41. The third kappa shape index (κ3) is 5.38. The number of carbonyl (C=O) groups excluding carboxylic acids is 1. The molecule has 1 heterocycles. The maximum atomic E-state index is 12.0. The monoisotopic (exact) mass is 311 g/mol. The molecule has 0 N–H and O–H groups in total. The number of nitrogens with zero attached hydrogens (tertiary/aromatic N) is 1. The Bertz CT molecular complexity index is 571. The number of piperidine rings is 1. The van der Waals surface area contributed by atoms with Gasteiger partial charge in [-0.1, -0.05) is 18.2 Å². The van der Waals surface area contributed by atoms with Gasteiger partial charge in [0, 0.05) is 19.2 Å². The number of amides is 1. The van der Waals surface area contributed by atoms with Crippen LogP contribution < -0.4 is 4.74 Å². The van der Waals surface area contributed by atoms with Crippen LogP contribution in [-0.4, -0.2) is 50.4 Å². The Morgan fingerprint density at radius 1 is 1.33 bits per heavy atom. The number of ether oxygens (including phenoxy) is 1. The molecule has 21 heavy (non-hydrogen) atoms. The predicted molar refractivity (Wildman–Crippen MR) is 81.0 cm³/mol. The number of hydrogen-bond donors (Lipinski definition) is 0. The fraction of sp³-hybridized carbons (Fsp3) is 0.533. The number of likely N-dealkylation sites (tertiary alicyclic amines) is 1. The summed E-state index contributed by atoms with van der Waals surface area (Å²) in [5.41, 5.74) is 0. The summed E-state index contributed by atoms with van der Waals surface area (Å²) in [6.45, 7) is 1.20. The van der Waals surface area contributed by atoms with Crippen molar-refractivity contribution in [2.75, 3.05) is 25.1 Å². The summed E-state index contributed by atoms with van der Waals surface area (Å²) >= 11 is 0. The summed E-state index contributed by atoms with van der Waals surface area (Å²) < 4.78 is 28.1. The molecular weight excluding hydrogens is 290 g/mol. The van der Waals surface area contributed by atoms with Gasteiger partial charge < -0.3 is 9.64 Å². The summed E-state index contributed by atoms with van der Waals surface area (Å²) in [5.74, 6) is 0.599. The van der Waals surface area contributed by atoms with E-state index in [2.05, 4.69) is 0 Å². The van der Waals surface area contributed by atoms with Crippen molar-refractivity contribution < 1.29 is 17.9 Å². The molecule has 1 saturated heterocycles. The Morgan fingerprint density at radius 3 is 2.71 bits per heavy atom. The first kappa shape index (κ1) is 15.8. The molecule has 1 fully saturated rings. The zero-order chi connectivity index (χ0) is 15.3. The quantitative estimate of drug-likeness (QED) is 0.826. The molecular formula is C15H21NO4S. The van der Waals surface area contributed by atoms with Gasteiger partial charge >= 0.3 is 0 Å². The van der Waals surface area contributed by atoms with E-state index in [-0.39, 0.29) is 24.2 Å². The Morgan fingerprint density at radius 2 is 2.05 bits per heavy atom. The van der Waals surface area contributed by atoms with Crippen molar-refractivity contribution in [3.63, 3.8) is 0 Å². The summed E-state index contributed by atoms with van der Waals surface area (Å²) in [7, 11) is -3.10. The van der Waals surface area contributed by atoms with Gasteiger partial charge in [0.25, 0.3) is 0 Å². The fourth-order valence-corrected chi connectivity index (χ4v) is 2.93. The molecule has 0 bridgehead atoms. The fourth-order valence-electron chi connectivity index (χ4n) is 2.38. The van der Waals surface area contributed by atoms with E-state index < -0.39 is 9.84 Å². The lowest BCUT2D eigenvalue weighted by Gasteiger charge is -2.33. The molecule has 1 aliphatic rings. The lowest BCUT2D eigenvalue weighted by molar-refractivity contribution is -0.133. The third-order valence-electron chi connectivity index (χ3n) is 3.46. The summed E-state index contributed by atoms with van der Waals surface area (Å²) in [6.07, 6.45) is 2.96. The highest BCUT2D eigenvalue weighted by Gasteiger charge is 2.25. The summed E-state index contributed by atoms with van der Waals surface area (Å²) in [4.78, 5) is 13.8. The van der Waals surface area contributed by atoms with Crippen molar-refractivity contribution in [3.8, 4) is 5.75 Å². The third-order valence-corrected chi connectivity index (χ3v) is 4.41. The summed E-state index contributed by atoms with van der Waals surface area (Å²) in [5, 5.41) is 0. The lowest BCUT2D eigenvalue weighted by atomic mass is 10.1. The zero-order valence-electron chi connectivity index (χ0n) is 12.2. The molecule has 116 valence electrons. The highest BCUT2D eigenvalue weighted by atomic mass is 32.2. The van der Waals surface area contributed by atoms with Crippen LogP contribution >= 0.6 is 0 Å². The lowest BCUT2D eigenvalue weighted by Crippen LogP contribution is -2.44. The van der Waals surface area contributed by atoms with Gasteiger partial charge in [-0.3, -0.25) is 4.79 Å². The summed E-state index contributed by atoms with van der Waals surface area (Å²) in [6, 6.07) is 9.53. The zero-order valence-corrected chi connectivity index (χ0v) is 13.0. The number of hydrogen-bond acceptors (Lipinski definition) is 4. The minimum absolute atomic E-state index is 0.0247. The van der Waals surface area contributed by atoms with E-state index in [1.165, 1.54) is 0 Å². The van der Waals surface area contributed by atoms with Crippen LogP contribution in [0.5, 0.6) is 5.75 Å². The normalized spacial score (nSPS) is 19.3. The van der Waals surface area contributed by atoms with Gasteiger partial charge in [0.2, 0.25) is 5.91 Å². The van der Waals surface area contributed by atoms with Crippen LogP contribution in [0, 0.1) is 0 Å². The van der Waals surface area contributed by atoms with Gasteiger partial charge in [0.15, 0.2) is 0 Å². The van der Waals surface area contributed by atoms with E-state index in [1.54, 1.807) is 4.90 Å². The average Bonchev–Trinajstić information content (AvgIpc) is 2.45. The minimum Gasteiger partial charge on any atom is -0.489 e. The number of carbonyl (C=O) groups is 1. The maximum absolute atomic E-state index is 12.0. The minimum atomic E-state index is -3.10. The molecule has 5 nitrogen and oxygen atoms in total. The van der Waals surface area contributed by atoms with Crippen molar-refractivity contribution >= 4 is 15.7 Å². The van der Waals surface area contributed by atoms with Crippen molar-refractivity contribution in [1.29, 1.82) is 0 Å². The Labute approximate surface area is 125 Å². The van der Waals surface area contributed by atoms with Gasteiger partial charge in [0.05, 0.1) is 12.3 Å². The van der Waals surface area contributed by atoms with Crippen molar-refractivity contribution in [3.05, 3.63) is 30.3 Å². The molecule has 1 aromatic carbocycles. The number of para-hydroxylation sites is 1. The van der Waals surface area contributed by atoms with Crippen LogP contribution in [-0.2, 0) is 14.6 Å². The molecule has 1 atom stereocenters. The smallest absolute Gasteiger partial charge is 0.223 e. The Balaban J connectivity index is 1.87. The van der Waals surface area contributed by atoms with Crippen LogP contribution in [0.2, 0.25) is 0 Å². The van der Waals surface area contributed by atoms with E-state index in [0.29, 0.717) is 13.1 Å². The Hall–Kier alpha value is -1.56. The molecule has 1 unspecified atom stereocenters.